The number of anilines is 1. The van der Waals surface area contributed by atoms with E-state index in [0.717, 1.165) is 25.7 Å². The number of carbonyl (C=O) groups is 2. The van der Waals surface area contributed by atoms with Gasteiger partial charge in [-0.05, 0) is 49.2 Å². The number of rotatable bonds is 4. The van der Waals surface area contributed by atoms with Crippen LogP contribution < -0.4 is 10.6 Å². The number of fused-ring (bicyclic) bond motifs is 1. The summed E-state index contributed by atoms with van der Waals surface area (Å²) in [5.74, 6) is -0.922. The summed E-state index contributed by atoms with van der Waals surface area (Å²) in [7, 11) is 0. The van der Waals surface area contributed by atoms with Crippen molar-refractivity contribution in [3.05, 3.63) is 66.0 Å². The number of hydrogen-bond acceptors (Lipinski definition) is 3. The van der Waals surface area contributed by atoms with Crippen LogP contribution in [-0.2, 0) is 0 Å². The molecule has 0 spiro atoms. The molecule has 2 heterocycles. The molecule has 0 unspecified atom stereocenters. The number of nitrogens with zero attached hydrogens (tertiary/aromatic N) is 2. The van der Waals surface area contributed by atoms with Gasteiger partial charge in [0.15, 0.2) is 5.69 Å². The van der Waals surface area contributed by atoms with Gasteiger partial charge in [-0.25, -0.2) is 9.37 Å². The lowest BCUT2D eigenvalue weighted by Crippen LogP contribution is -2.35. The zero-order valence-electron chi connectivity index (χ0n) is 16.0. The zero-order chi connectivity index (χ0) is 20.2. The smallest absolute Gasteiger partial charge is 0.287 e. The first-order chi connectivity index (χ1) is 14.1. The molecule has 1 aliphatic carbocycles. The van der Waals surface area contributed by atoms with Crippen molar-refractivity contribution in [2.24, 2.45) is 0 Å². The lowest BCUT2D eigenvalue weighted by atomic mass is 10.1. The Kier molecular flexibility index (Phi) is 5.55. The quantitative estimate of drug-likeness (QED) is 0.652. The molecule has 1 aliphatic rings. The van der Waals surface area contributed by atoms with E-state index in [9.17, 15) is 14.0 Å². The fourth-order valence-corrected chi connectivity index (χ4v) is 3.76. The maximum Gasteiger partial charge on any atom is 0.287 e. The number of amides is 2. The summed E-state index contributed by atoms with van der Waals surface area (Å²) in [5.41, 5.74) is 1.15. The topological polar surface area (TPSA) is 75.5 Å². The molecule has 2 amide bonds. The summed E-state index contributed by atoms with van der Waals surface area (Å²) in [6, 6.07) is 11.0. The molecule has 1 fully saturated rings. The van der Waals surface area contributed by atoms with Gasteiger partial charge in [0.2, 0.25) is 5.82 Å². The van der Waals surface area contributed by atoms with E-state index in [2.05, 4.69) is 15.6 Å². The summed E-state index contributed by atoms with van der Waals surface area (Å²) in [5, 5.41) is 5.79. The predicted molar refractivity (Wildman–Crippen MR) is 109 cm³/mol. The van der Waals surface area contributed by atoms with Crippen LogP contribution in [0.25, 0.3) is 5.52 Å². The molecule has 2 aromatic heterocycles. The van der Waals surface area contributed by atoms with Crippen molar-refractivity contribution >= 4 is 23.0 Å². The Labute approximate surface area is 168 Å². The Balaban J connectivity index is 1.59. The molecule has 1 saturated carbocycles. The molecule has 0 radical (unpaired) electrons. The van der Waals surface area contributed by atoms with Crippen LogP contribution in [0.4, 0.5) is 10.1 Å². The summed E-state index contributed by atoms with van der Waals surface area (Å²) in [6.45, 7) is 0. The van der Waals surface area contributed by atoms with Crippen molar-refractivity contribution < 1.29 is 14.0 Å². The van der Waals surface area contributed by atoms with E-state index in [-0.39, 0.29) is 29.3 Å². The number of halogens is 1. The lowest BCUT2D eigenvalue weighted by molar-refractivity contribution is 0.0922. The normalized spacial score (nSPS) is 15.1. The number of pyridine rings is 1. The minimum Gasteiger partial charge on any atom is -0.347 e. The van der Waals surface area contributed by atoms with Gasteiger partial charge < -0.3 is 10.6 Å². The lowest BCUT2D eigenvalue weighted by Gasteiger charge is -2.15. The first kappa shape index (κ1) is 19.1. The Bertz CT molecular complexity index is 1020. The van der Waals surface area contributed by atoms with Crippen LogP contribution in [0, 0.1) is 5.82 Å². The van der Waals surface area contributed by atoms with Crippen LogP contribution in [0.1, 0.15) is 59.6 Å². The molecule has 3 aromatic rings. The molecular weight excluding hydrogens is 371 g/mol. The number of carbonyl (C=O) groups excluding carboxylic acids is 2. The van der Waals surface area contributed by atoms with Crippen molar-refractivity contribution in [2.45, 2.75) is 44.6 Å². The largest absolute Gasteiger partial charge is 0.347 e. The third-order valence-electron chi connectivity index (χ3n) is 5.26. The zero-order valence-corrected chi connectivity index (χ0v) is 16.0. The summed E-state index contributed by atoms with van der Waals surface area (Å²) in [4.78, 5) is 30.0. The van der Waals surface area contributed by atoms with Gasteiger partial charge in [0, 0.05) is 17.9 Å². The van der Waals surface area contributed by atoms with Gasteiger partial charge in [-0.15, -0.1) is 0 Å². The Morgan fingerprint density at radius 3 is 2.41 bits per heavy atom. The number of aromatic nitrogens is 2. The van der Waals surface area contributed by atoms with Gasteiger partial charge in [-0.1, -0.05) is 31.7 Å². The SMILES string of the molecule is O=C(Nc1ccc(F)cc1)c1nc(C(=O)NC2CCCCCC2)n2ccccc12. The highest BCUT2D eigenvalue weighted by molar-refractivity contribution is 6.08. The highest BCUT2D eigenvalue weighted by Crippen LogP contribution is 2.19. The number of nitrogens with one attached hydrogen (secondary N) is 2. The highest BCUT2D eigenvalue weighted by atomic mass is 19.1. The second-order valence-electron chi connectivity index (χ2n) is 7.36. The fourth-order valence-electron chi connectivity index (χ4n) is 3.76. The van der Waals surface area contributed by atoms with Crippen LogP contribution in [0.15, 0.2) is 48.7 Å². The first-order valence-electron chi connectivity index (χ1n) is 9.97. The monoisotopic (exact) mass is 394 g/mol. The Morgan fingerprint density at radius 1 is 0.966 bits per heavy atom. The molecular formula is C22H23FN4O2. The van der Waals surface area contributed by atoms with Crippen LogP contribution in [0.5, 0.6) is 0 Å². The maximum atomic E-state index is 13.1. The minimum absolute atomic E-state index is 0.137. The second kappa shape index (κ2) is 8.43. The Hall–Kier alpha value is -3.22. The third kappa shape index (κ3) is 4.29. The predicted octanol–water partition coefficient (Wildman–Crippen LogP) is 4.18. The molecule has 7 heteroatoms. The van der Waals surface area contributed by atoms with Gasteiger partial charge in [0.05, 0.1) is 5.52 Å². The van der Waals surface area contributed by atoms with Gasteiger partial charge >= 0.3 is 0 Å². The van der Waals surface area contributed by atoms with Gasteiger partial charge in [0.25, 0.3) is 11.8 Å². The molecule has 150 valence electrons. The molecule has 2 N–H and O–H groups in total. The van der Waals surface area contributed by atoms with E-state index in [0.29, 0.717) is 11.2 Å². The van der Waals surface area contributed by atoms with E-state index in [1.165, 1.54) is 37.1 Å². The molecule has 4 rings (SSSR count). The molecule has 0 bridgehead atoms. The molecule has 0 aliphatic heterocycles. The van der Waals surface area contributed by atoms with Crippen LogP contribution in [0.2, 0.25) is 0 Å². The van der Waals surface area contributed by atoms with Crippen molar-refractivity contribution in [1.29, 1.82) is 0 Å². The van der Waals surface area contributed by atoms with Gasteiger partial charge in [0.1, 0.15) is 5.82 Å². The second-order valence-corrected chi connectivity index (χ2v) is 7.36. The number of imidazole rings is 1. The van der Waals surface area contributed by atoms with Gasteiger partial charge in [-0.2, -0.15) is 0 Å². The molecule has 1 aromatic carbocycles. The van der Waals surface area contributed by atoms with Gasteiger partial charge in [-0.3, -0.25) is 14.0 Å². The van der Waals surface area contributed by atoms with E-state index in [4.69, 9.17) is 0 Å². The summed E-state index contributed by atoms with van der Waals surface area (Å²) in [6.07, 6.45) is 8.27. The van der Waals surface area contributed by atoms with E-state index in [1.807, 2.05) is 0 Å². The molecule has 6 nitrogen and oxygen atoms in total. The third-order valence-corrected chi connectivity index (χ3v) is 5.26. The standard InChI is InChI=1S/C22H23FN4O2/c23-15-10-12-17(13-11-15)24-21(28)19-18-9-5-6-14-27(18)20(26-19)22(29)25-16-7-3-1-2-4-8-16/h5-6,9-14,16H,1-4,7-8H2,(H,24,28)(H,25,29). The van der Waals surface area contributed by atoms with Crippen molar-refractivity contribution in [2.75, 3.05) is 5.32 Å². The minimum atomic E-state index is -0.450. The summed E-state index contributed by atoms with van der Waals surface area (Å²) < 4.78 is 14.7. The summed E-state index contributed by atoms with van der Waals surface area (Å²) >= 11 is 0. The average molecular weight is 394 g/mol. The van der Waals surface area contributed by atoms with Crippen molar-refractivity contribution in [3.8, 4) is 0 Å². The first-order valence-corrected chi connectivity index (χ1v) is 9.97. The van der Waals surface area contributed by atoms with Crippen LogP contribution in [-0.4, -0.2) is 27.2 Å². The average Bonchev–Trinajstić information content (AvgIpc) is 2.93. The molecule has 0 atom stereocenters. The fraction of sp³-hybridized carbons (Fsp3) is 0.318. The maximum absolute atomic E-state index is 13.1. The molecule has 0 saturated heterocycles. The van der Waals surface area contributed by atoms with Crippen molar-refractivity contribution in [3.63, 3.8) is 0 Å². The van der Waals surface area contributed by atoms with Crippen LogP contribution in [0.3, 0.4) is 0 Å². The number of hydrogen-bond donors (Lipinski definition) is 2. The highest BCUT2D eigenvalue weighted by Gasteiger charge is 2.23. The van der Waals surface area contributed by atoms with Crippen molar-refractivity contribution in [1.82, 2.24) is 14.7 Å². The van der Waals surface area contributed by atoms with E-state index in [1.54, 1.807) is 28.8 Å². The molecule has 29 heavy (non-hydrogen) atoms. The van der Waals surface area contributed by atoms with Crippen LogP contribution >= 0.6 is 0 Å². The Morgan fingerprint density at radius 2 is 1.69 bits per heavy atom. The number of benzene rings is 1. The van der Waals surface area contributed by atoms with E-state index >= 15 is 0 Å². The van der Waals surface area contributed by atoms with E-state index < -0.39 is 5.91 Å².